The number of nitrogens with zero attached hydrogens (tertiary/aromatic N) is 3. The summed E-state index contributed by atoms with van der Waals surface area (Å²) in [4.78, 5) is -0.256. The Hall–Kier alpha value is -2.94. The first-order valence-corrected chi connectivity index (χ1v) is 7.04. The Morgan fingerprint density at radius 3 is 2.52 bits per heavy atom. The summed E-state index contributed by atoms with van der Waals surface area (Å²) in [5.74, 6) is 0. The molecule has 2 N–H and O–H groups in total. The molecular weight excluding hydrogens is 292 g/mol. The topological polar surface area (TPSA) is 126 Å². The molecule has 104 valence electrons. The minimum Gasteiger partial charge on any atom is -0.282 e. The number of hydrogen-bond acceptors (Lipinski definition) is 6. The van der Waals surface area contributed by atoms with Gasteiger partial charge in [-0.1, -0.05) is 18.2 Å². The fourth-order valence-corrected chi connectivity index (χ4v) is 2.21. The molecule has 0 heterocycles. The number of fused-ring (bicyclic) bond motifs is 1. The molecule has 8 heteroatoms. The van der Waals surface area contributed by atoms with E-state index in [2.05, 4.69) is 10.5 Å². The van der Waals surface area contributed by atoms with Crippen molar-refractivity contribution in [2.45, 2.75) is 4.90 Å². The van der Waals surface area contributed by atoms with Gasteiger partial charge in [0.1, 0.15) is 12.1 Å². The van der Waals surface area contributed by atoms with E-state index in [1.165, 1.54) is 18.2 Å². The first kappa shape index (κ1) is 14.5. The molecule has 0 radical (unpaired) electrons. The standard InChI is InChI=1S/C13H8N4O3S/c14-7-10(8-15)16-17-13-3-1-2-9-4-5-11(6-12(9)13)21(18,19)20/h1-6,17H,(H,18,19,20). The molecule has 21 heavy (non-hydrogen) atoms. The van der Waals surface area contributed by atoms with Crippen LogP contribution in [0, 0.1) is 22.7 Å². The van der Waals surface area contributed by atoms with E-state index in [-0.39, 0.29) is 10.6 Å². The highest BCUT2D eigenvalue weighted by Crippen LogP contribution is 2.26. The van der Waals surface area contributed by atoms with Gasteiger partial charge in [0.15, 0.2) is 0 Å². The molecule has 0 saturated carbocycles. The van der Waals surface area contributed by atoms with E-state index in [1.54, 1.807) is 30.3 Å². The molecule has 0 bridgehead atoms. The van der Waals surface area contributed by atoms with Crippen molar-refractivity contribution in [1.82, 2.24) is 0 Å². The molecule has 0 fully saturated rings. The third-order valence-electron chi connectivity index (χ3n) is 2.65. The molecule has 0 aliphatic rings. The lowest BCUT2D eigenvalue weighted by molar-refractivity contribution is 0.483. The van der Waals surface area contributed by atoms with Crippen LogP contribution in [0.3, 0.4) is 0 Å². The van der Waals surface area contributed by atoms with E-state index < -0.39 is 10.1 Å². The van der Waals surface area contributed by atoms with Crippen LogP contribution in [-0.2, 0) is 10.1 Å². The highest BCUT2D eigenvalue weighted by molar-refractivity contribution is 7.85. The number of hydrogen-bond donors (Lipinski definition) is 2. The van der Waals surface area contributed by atoms with E-state index in [0.717, 1.165) is 0 Å². The number of rotatable bonds is 3. The van der Waals surface area contributed by atoms with Crippen LogP contribution in [0.4, 0.5) is 5.69 Å². The van der Waals surface area contributed by atoms with Gasteiger partial charge in [0.2, 0.25) is 5.71 Å². The quantitative estimate of drug-likeness (QED) is 0.506. The van der Waals surface area contributed by atoms with Gasteiger partial charge in [0, 0.05) is 5.39 Å². The Morgan fingerprint density at radius 1 is 1.19 bits per heavy atom. The van der Waals surface area contributed by atoms with E-state index in [1.807, 2.05) is 0 Å². The third-order valence-corrected chi connectivity index (χ3v) is 3.50. The predicted octanol–water partition coefficient (Wildman–Crippen LogP) is 1.90. The summed E-state index contributed by atoms with van der Waals surface area (Å²) in [6.07, 6.45) is 0. The highest BCUT2D eigenvalue weighted by Gasteiger charge is 2.11. The monoisotopic (exact) mass is 300 g/mol. The Bertz CT molecular complexity index is 905. The Balaban J connectivity index is 2.57. The van der Waals surface area contributed by atoms with Crippen molar-refractivity contribution < 1.29 is 13.0 Å². The van der Waals surface area contributed by atoms with Crippen LogP contribution in [0.2, 0.25) is 0 Å². The molecular formula is C13H8N4O3S. The maximum Gasteiger partial charge on any atom is 0.294 e. The Morgan fingerprint density at radius 2 is 1.90 bits per heavy atom. The lowest BCUT2D eigenvalue weighted by Crippen LogP contribution is -1.99. The number of nitriles is 2. The van der Waals surface area contributed by atoms with Gasteiger partial charge in [-0.05, 0) is 23.6 Å². The van der Waals surface area contributed by atoms with Crippen molar-refractivity contribution in [3.8, 4) is 12.1 Å². The van der Waals surface area contributed by atoms with Gasteiger partial charge < -0.3 is 0 Å². The van der Waals surface area contributed by atoms with Gasteiger partial charge in [-0.2, -0.15) is 24.0 Å². The molecule has 0 saturated heterocycles. The zero-order valence-corrected chi connectivity index (χ0v) is 11.3. The fourth-order valence-electron chi connectivity index (χ4n) is 1.70. The molecule has 0 unspecified atom stereocenters. The van der Waals surface area contributed by atoms with Crippen molar-refractivity contribution in [2.75, 3.05) is 5.43 Å². The number of anilines is 1. The number of benzene rings is 2. The zero-order valence-electron chi connectivity index (χ0n) is 10.5. The lowest BCUT2D eigenvalue weighted by Gasteiger charge is -2.07. The Kier molecular flexibility index (Phi) is 3.85. The van der Waals surface area contributed by atoms with E-state index in [4.69, 9.17) is 15.1 Å². The number of nitrogens with one attached hydrogen (secondary N) is 1. The maximum atomic E-state index is 11.2. The molecule has 2 rings (SSSR count). The zero-order chi connectivity index (χ0) is 15.5. The second kappa shape index (κ2) is 5.59. The van der Waals surface area contributed by atoms with Gasteiger partial charge >= 0.3 is 0 Å². The van der Waals surface area contributed by atoms with Crippen molar-refractivity contribution in [1.29, 1.82) is 10.5 Å². The second-order valence-corrected chi connectivity index (χ2v) is 5.38. The molecule has 7 nitrogen and oxygen atoms in total. The summed E-state index contributed by atoms with van der Waals surface area (Å²) >= 11 is 0. The van der Waals surface area contributed by atoms with Gasteiger partial charge in [0.05, 0.1) is 10.6 Å². The summed E-state index contributed by atoms with van der Waals surface area (Å²) in [6, 6.07) is 12.3. The minimum absolute atomic E-state index is 0.256. The normalized spacial score (nSPS) is 10.4. The molecule has 0 atom stereocenters. The summed E-state index contributed by atoms with van der Waals surface area (Å²) in [5.41, 5.74) is 2.58. The van der Waals surface area contributed by atoms with Crippen LogP contribution in [0.1, 0.15) is 0 Å². The van der Waals surface area contributed by atoms with Gasteiger partial charge in [-0.25, -0.2) is 0 Å². The van der Waals surface area contributed by atoms with Crippen molar-refractivity contribution in [3.63, 3.8) is 0 Å². The lowest BCUT2D eigenvalue weighted by atomic mass is 10.1. The van der Waals surface area contributed by atoms with E-state index in [9.17, 15) is 8.42 Å². The molecule has 0 spiro atoms. The van der Waals surface area contributed by atoms with Crippen LogP contribution in [-0.4, -0.2) is 18.7 Å². The molecule has 2 aromatic rings. The fraction of sp³-hybridized carbons (Fsp3) is 0. The van der Waals surface area contributed by atoms with E-state index >= 15 is 0 Å². The predicted molar refractivity (Wildman–Crippen MR) is 76.0 cm³/mol. The van der Waals surface area contributed by atoms with Gasteiger partial charge in [-0.15, -0.1) is 0 Å². The van der Waals surface area contributed by atoms with Crippen LogP contribution in [0.5, 0.6) is 0 Å². The first-order chi connectivity index (χ1) is 9.95. The highest BCUT2D eigenvalue weighted by atomic mass is 32.2. The third kappa shape index (κ3) is 3.15. The summed E-state index contributed by atoms with van der Waals surface area (Å²) in [7, 11) is -4.32. The van der Waals surface area contributed by atoms with Gasteiger partial charge in [-0.3, -0.25) is 9.98 Å². The van der Waals surface area contributed by atoms with Crippen LogP contribution >= 0.6 is 0 Å². The van der Waals surface area contributed by atoms with Crippen LogP contribution in [0.15, 0.2) is 46.4 Å². The van der Waals surface area contributed by atoms with Crippen LogP contribution < -0.4 is 5.43 Å². The Labute approximate surface area is 120 Å². The average Bonchev–Trinajstić information content (AvgIpc) is 2.47. The first-order valence-electron chi connectivity index (χ1n) is 5.60. The van der Waals surface area contributed by atoms with Crippen LogP contribution in [0.25, 0.3) is 10.8 Å². The molecule has 0 amide bonds. The maximum absolute atomic E-state index is 11.2. The number of hydrazone groups is 1. The van der Waals surface area contributed by atoms with Crippen molar-refractivity contribution >= 4 is 32.3 Å². The van der Waals surface area contributed by atoms with E-state index in [0.29, 0.717) is 16.5 Å². The van der Waals surface area contributed by atoms with Crippen molar-refractivity contribution in [2.24, 2.45) is 5.10 Å². The summed E-state index contributed by atoms with van der Waals surface area (Å²) in [6.45, 7) is 0. The second-order valence-electron chi connectivity index (χ2n) is 3.96. The molecule has 0 aliphatic heterocycles. The average molecular weight is 300 g/mol. The van der Waals surface area contributed by atoms with Gasteiger partial charge in [0.25, 0.3) is 10.1 Å². The molecule has 2 aromatic carbocycles. The van der Waals surface area contributed by atoms with Crippen molar-refractivity contribution in [3.05, 3.63) is 36.4 Å². The smallest absolute Gasteiger partial charge is 0.282 e. The summed E-state index contributed by atoms with van der Waals surface area (Å²) in [5, 5.41) is 22.0. The molecule has 0 aromatic heterocycles. The largest absolute Gasteiger partial charge is 0.294 e. The molecule has 0 aliphatic carbocycles. The minimum atomic E-state index is -4.32. The summed E-state index contributed by atoms with van der Waals surface area (Å²) < 4.78 is 31.4. The SMILES string of the molecule is N#CC(C#N)=NNc1cccc2ccc(S(=O)(=O)O)cc12.